The molecule has 6 rings (SSSR count). The number of halogens is 2. The van der Waals surface area contributed by atoms with Crippen molar-refractivity contribution in [2.45, 2.75) is 38.0 Å². The third-order valence-electron chi connectivity index (χ3n) is 5.51. The first kappa shape index (κ1) is 19.0. The summed E-state index contributed by atoms with van der Waals surface area (Å²) in [5, 5.41) is 11.8. The van der Waals surface area contributed by atoms with Crippen LogP contribution in [0.1, 0.15) is 19.8 Å². The molecule has 2 bridgehead atoms. The predicted molar refractivity (Wildman–Crippen MR) is 105 cm³/mol. The van der Waals surface area contributed by atoms with Crippen molar-refractivity contribution in [1.82, 2.24) is 14.9 Å². The number of anilines is 1. The highest BCUT2D eigenvalue weighted by Crippen LogP contribution is 2.41. The van der Waals surface area contributed by atoms with E-state index in [9.17, 15) is 18.7 Å². The second-order valence-corrected chi connectivity index (χ2v) is 8.25. The van der Waals surface area contributed by atoms with Crippen molar-refractivity contribution in [2.24, 2.45) is 0 Å². The van der Waals surface area contributed by atoms with Crippen molar-refractivity contribution in [1.29, 1.82) is 0 Å². The maximum absolute atomic E-state index is 13.9. The zero-order valence-electron chi connectivity index (χ0n) is 15.9. The molecule has 8 nitrogen and oxygen atoms in total. The second-order valence-electron chi connectivity index (χ2n) is 7.35. The molecule has 0 radical (unpaired) electrons. The number of aromatic nitrogens is 2. The largest absolute Gasteiger partial charge is 0.465 e. The van der Waals surface area contributed by atoms with Crippen molar-refractivity contribution in [2.75, 3.05) is 18.0 Å². The van der Waals surface area contributed by atoms with Crippen LogP contribution in [0.4, 0.5) is 19.6 Å². The molecule has 1 aromatic carbocycles. The summed E-state index contributed by atoms with van der Waals surface area (Å²) in [6.45, 7) is 2.20. The first-order valence-corrected chi connectivity index (χ1v) is 10.4. The number of hydrogen-bond donors (Lipinski definition) is 1. The Morgan fingerprint density at radius 2 is 2.17 bits per heavy atom. The topological polar surface area (TPSA) is 91.9 Å². The van der Waals surface area contributed by atoms with E-state index in [1.165, 1.54) is 29.2 Å². The molecule has 3 saturated heterocycles. The van der Waals surface area contributed by atoms with Gasteiger partial charge in [-0.2, -0.15) is 13.8 Å². The number of nitrogens with zero attached hydrogens (tertiary/aromatic N) is 4. The van der Waals surface area contributed by atoms with Crippen LogP contribution in [-0.2, 0) is 0 Å². The van der Waals surface area contributed by atoms with E-state index in [0.29, 0.717) is 29.2 Å². The molecule has 3 aliphatic rings. The van der Waals surface area contributed by atoms with Gasteiger partial charge in [0.1, 0.15) is 5.01 Å². The van der Waals surface area contributed by atoms with E-state index in [0.717, 1.165) is 6.42 Å². The number of thiazole rings is 1. The Morgan fingerprint density at radius 3 is 2.80 bits per heavy atom. The van der Waals surface area contributed by atoms with Crippen molar-refractivity contribution in [3.05, 3.63) is 23.7 Å². The maximum atomic E-state index is 13.9. The van der Waals surface area contributed by atoms with E-state index in [2.05, 4.69) is 9.97 Å². The summed E-state index contributed by atoms with van der Waals surface area (Å²) in [7, 11) is 0. The molecule has 2 unspecified atom stereocenters. The number of amides is 1. The molecular weight excluding hydrogens is 418 g/mol. The van der Waals surface area contributed by atoms with Gasteiger partial charge in [0, 0.05) is 31.1 Å². The fraction of sp³-hybridized carbons (Fsp3) is 0.421. The highest BCUT2D eigenvalue weighted by atomic mass is 32.1. The zero-order chi connectivity index (χ0) is 21.0. The summed E-state index contributed by atoms with van der Waals surface area (Å²) < 4.78 is 38.8. The van der Waals surface area contributed by atoms with Crippen LogP contribution < -0.4 is 9.64 Å². The van der Waals surface area contributed by atoms with Crippen molar-refractivity contribution in [3.63, 3.8) is 0 Å². The molecule has 1 amide bonds. The monoisotopic (exact) mass is 436 g/mol. The fourth-order valence-corrected chi connectivity index (χ4v) is 4.69. The van der Waals surface area contributed by atoms with Crippen molar-refractivity contribution >= 4 is 34.5 Å². The third-order valence-corrected chi connectivity index (χ3v) is 6.32. The van der Waals surface area contributed by atoms with Gasteiger partial charge in [0.15, 0.2) is 16.8 Å². The Morgan fingerprint density at radius 1 is 1.40 bits per heavy atom. The molecule has 0 spiro atoms. The van der Waals surface area contributed by atoms with Crippen LogP contribution in [0.15, 0.2) is 28.1 Å². The molecule has 0 aliphatic carbocycles. The van der Waals surface area contributed by atoms with E-state index in [1.54, 1.807) is 12.3 Å². The first-order chi connectivity index (χ1) is 14.4. The average molecular weight is 436 g/mol. The van der Waals surface area contributed by atoms with Crippen LogP contribution in [0.25, 0.3) is 21.7 Å². The lowest BCUT2D eigenvalue weighted by Crippen LogP contribution is -2.70. The zero-order valence-corrected chi connectivity index (χ0v) is 16.7. The Kier molecular flexibility index (Phi) is 4.31. The van der Waals surface area contributed by atoms with E-state index in [4.69, 9.17) is 9.15 Å². The summed E-state index contributed by atoms with van der Waals surface area (Å²) >= 11 is 1.40. The van der Waals surface area contributed by atoms with Crippen LogP contribution in [0.3, 0.4) is 0 Å². The van der Waals surface area contributed by atoms with E-state index < -0.39 is 18.6 Å². The van der Waals surface area contributed by atoms with Crippen LogP contribution in [0, 0.1) is 0 Å². The minimum Gasteiger partial charge on any atom is -0.465 e. The van der Waals surface area contributed by atoms with Crippen LogP contribution in [-0.4, -0.2) is 57.3 Å². The number of hydrogen-bond acceptors (Lipinski definition) is 7. The van der Waals surface area contributed by atoms with Gasteiger partial charge in [-0.3, -0.25) is 4.90 Å². The number of alkyl halides is 2. The molecular formula is C19H18F2N4O4S. The van der Waals surface area contributed by atoms with Gasteiger partial charge in [-0.05, 0) is 18.6 Å². The van der Waals surface area contributed by atoms with Crippen LogP contribution >= 0.6 is 11.3 Å². The third kappa shape index (κ3) is 3.04. The van der Waals surface area contributed by atoms with Crippen molar-refractivity contribution in [3.8, 4) is 16.3 Å². The highest BCUT2D eigenvalue weighted by Gasteiger charge is 2.48. The molecule has 3 fully saturated rings. The summed E-state index contributed by atoms with van der Waals surface area (Å²) in [5.74, 6) is -0.0681. The molecule has 30 heavy (non-hydrogen) atoms. The summed E-state index contributed by atoms with van der Waals surface area (Å²) in [4.78, 5) is 23.4. The number of carboxylic acid groups (broad SMARTS) is 1. The normalized spacial score (nSPS) is 21.0. The van der Waals surface area contributed by atoms with Gasteiger partial charge < -0.3 is 19.2 Å². The first-order valence-electron chi connectivity index (χ1n) is 9.52. The van der Waals surface area contributed by atoms with Gasteiger partial charge in [-0.1, -0.05) is 6.92 Å². The molecule has 3 aromatic rings. The number of piperidine rings is 1. The molecule has 2 aromatic heterocycles. The maximum Gasteiger partial charge on any atom is 0.407 e. The molecule has 11 heteroatoms. The summed E-state index contributed by atoms with van der Waals surface area (Å²) in [5.41, 5.74) is 1.15. The molecule has 1 N–H and O–H groups in total. The Labute approximate surface area is 173 Å². The number of rotatable bonds is 5. The predicted octanol–water partition coefficient (Wildman–Crippen LogP) is 4.27. The number of piperazine rings is 1. The lowest BCUT2D eigenvalue weighted by molar-refractivity contribution is -0.176. The van der Waals surface area contributed by atoms with Gasteiger partial charge in [0.25, 0.3) is 6.01 Å². The van der Waals surface area contributed by atoms with E-state index in [-0.39, 0.29) is 29.4 Å². The van der Waals surface area contributed by atoms with Crippen LogP contribution in [0.5, 0.6) is 5.75 Å². The number of oxazole rings is 1. The molecule has 2 atom stereocenters. The van der Waals surface area contributed by atoms with Crippen LogP contribution in [0.2, 0.25) is 0 Å². The second kappa shape index (κ2) is 6.79. The average Bonchev–Trinajstić information content (AvgIpc) is 3.38. The van der Waals surface area contributed by atoms with Gasteiger partial charge in [-0.15, -0.1) is 11.3 Å². The highest BCUT2D eigenvalue weighted by molar-refractivity contribution is 7.13. The number of fused-ring (bicyclic) bond motifs is 3. The molecule has 158 valence electrons. The number of ether oxygens (including phenoxy) is 1. The number of benzene rings is 1. The summed E-state index contributed by atoms with van der Waals surface area (Å²) in [6.07, 6.45) is -2.30. The van der Waals surface area contributed by atoms with Gasteiger partial charge in [0.2, 0.25) is 0 Å². The van der Waals surface area contributed by atoms with Gasteiger partial charge in [-0.25, -0.2) is 9.78 Å². The Balaban J connectivity index is 1.54. The molecule has 5 heterocycles. The Bertz CT molecular complexity index is 1090. The SMILES string of the molecule is CCC(F)(F)Oc1ccc(-c2nccs2)c2oc(N3CC4CC(C3)N4C(=O)O)nc12. The lowest BCUT2D eigenvalue weighted by atomic mass is 9.88. The minimum atomic E-state index is -3.33. The standard InChI is InChI=1S/C19H18F2N4O4S/c1-2-19(20,21)29-13-4-3-12(16-22-5-6-30-16)15-14(13)23-17(28-15)24-8-10-7-11(9-24)25(10)18(26)27/h3-6,10-11H,2,7-9H2,1H3,(H,26,27). The molecule has 3 aliphatic heterocycles. The van der Waals surface area contributed by atoms with Gasteiger partial charge in [0.05, 0.1) is 17.6 Å². The van der Waals surface area contributed by atoms with Crippen molar-refractivity contribution < 1.29 is 27.8 Å². The minimum absolute atomic E-state index is 0.0681. The molecule has 0 saturated carbocycles. The smallest absolute Gasteiger partial charge is 0.407 e. The van der Waals surface area contributed by atoms with E-state index in [1.807, 2.05) is 10.3 Å². The fourth-order valence-electron chi connectivity index (χ4n) is 4.03. The van der Waals surface area contributed by atoms with Gasteiger partial charge >= 0.3 is 12.2 Å². The lowest BCUT2D eigenvalue weighted by Gasteiger charge is -2.54. The quantitative estimate of drug-likeness (QED) is 0.638. The number of carbonyl (C=O) groups is 1. The summed E-state index contributed by atoms with van der Waals surface area (Å²) in [6, 6.07) is 3.09. The Hall–Kier alpha value is -2.95. The van der Waals surface area contributed by atoms with E-state index >= 15 is 0 Å².